The number of guanidine groups is 1. The summed E-state index contributed by atoms with van der Waals surface area (Å²) in [6.45, 7) is 7.10. The zero-order valence-corrected chi connectivity index (χ0v) is 19.0. The van der Waals surface area contributed by atoms with Gasteiger partial charge >= 0.3 is 0 Å². The summed E-state index contributed by atoms with van der Waals surface area (Å²) in [5.41, 5.74) is 1.30. The molecule has 0 saturated heterocycles. The maximum atomic E-state index is 12.0. The number of carbonyl (C=O) groups is 1. The Hall–Kier alpha value is -1.31. The van der Waals surface area contributed by atoms with Crippen LogP contribution in [0.5, 0.6) is 0 Å². The number of hydrogen-bond acceptors (Lipinski definition) is 2. The highest BCUT2D eigenvalue weighted by Crippen LogP contribution is 2.27. The quantitative estimate of drug-likeness (QED) is 0.216. The van der Waals surface area contributed by atoms with E-state index in [0.29, 0.717) is 31.3 Å². The number of benzene rings is 1. The first kappa shape index (κ1) is 23.7. The molecule has 0 spiro atoms. The first-order chi connectivity index (χ1) is 12.7. The van der Waals surface area contributed by atoms with Gasteiger partial charge in [0.15, 0.2) is 5.96 Å². The fraction of sp³-hybridized carbons (Fsp3) is 0.619. The summed E-state index contributed by atoms with van der Waals surface area (Å²) in [6, 6.07) is 10.4. The van der Waals surface area contributed by atoms with Crippen LogP contribution >= 0.6 is 24.0 Å². The Kier molecular flexibility index (Phi) is 12.1. The molecule has 1 atom stereocenters. The molecule has 1 aromatic rings. The second-order valence-corrected chi connectivity index (χ2v) is 7.16. The lowest BCUT2D eigenvalue weighted by atomic mass is 10.0. The van der Waals surface area contributed by atoms with Gasteiger partial charge in [-0.15, -0.1) is 24.0 Å². The molecule has 2 rings (SSSR count). The van der Waals surface area contributed by atoms with E-state index in [4.69, 9.17) is 0 Å². The van der Waals surface area contributed by atoms with E-state index in [1.807, 2.05) is 6.07 Å². The van der Waals surface area contributed by atoms with Crippen LogP contribution in [0.2, 0.25) is 0 Å². The monoisotopic (exact) mass is 486 g/mol. The summed E-state index contributed by atoms with van der Waals surface area (Å²) in [5.74, 6) is 1.96. The minimum absolute atomic E-state index is 0. The van der Waals surface area contributed by atoms with Crippen molar-refractivity contribution in [1.82, 2.24) is 16.0 Å². The molecule has 0 radical (unpaired) electrons. The Bertz CT molecular complexity index is 559. The van der Waals surface area contributed by atoms with Gasteiger partial charge in [0.2, 0.25) is 5.91 Å². The molecule has 1 aromatic carbocycles. The number of nitrogens with zero attached hydrogens (tertiary/aromatic N) is 1. The van der Waals surface area contributed by atoms with E-state index in [1.54, 1.807) is 0 Å². The zero-order chi connectivity index (χ0) is 18.6. The molecule has 0 aromatic heterocycles. The van der Waals surface area contributed by atoms with Gasteiger partial charge in [-0.1, -0.05) is 50.1 Å². The van der Waals surface area contributed by atoms with Crippen LogP contribution in [0.25, 0.3) is 0 Å². The third-order valence-electron chi connectivity index (χ3n) is 4.92. The molecule has 5 nitrogen and oxygen atoms in total. The Labute approximate surface area is 181 Å². The smallest absolute Gasteiger partial charge is 0.220 e. The molecule has 1 fully saturated rings. The highest BCUT2D eigenvalue weighted by Gasteiger charge is 2.17. The summed E-state index contributed by atoms with van der Waals surface area (Å²) in [4.78, 5) is 16.6. The molecule has 1 aliphatic rings. The third kappa shape index (κ3) is 9.44. The second kappa shape index (κ2) is 13.8. The van der Waals surface area contributed by atoms with Crippen molar-refractivity contribution >= 4 is 35.8 Å². The van der Waals surface area contributed by atoms with Gasteiger partial charge in [-0.05, 0) is 31.2 Å². The zero-order valence-electron chi connectivity index (χ0n) is 16.7. The molecule has 6 heteroatoms. The summed E-state index contributed by atoms with van der Waals surface area (Å²) >= 11 is 0. The van der Waals surface area contributed by atoms with Crippen LogP contribution < -0.4 is 16.0 Å². The molecule has 1 amide bonds. The van der Waals surface area contributed by atoms with Crippen molar-refractivity contribution in [2.24, 2.45) is 10.9 Å². The summed E-state index contributed by atoms with van der Waals surface area (Å²) in [7, 11) is 0. The molecule has 0 bridgehead atoms. The van der Waals surface area contributed by atoms with E-state index in [9.17, 15) is 4.79 Å². The van der Waals surface area contributed by atoms with Crippen molar-refractivity contribution in [1.29, 1.82) is 0 Å². The van der Waals surface area contributed by atoms with Crippen LogP contribution in [-0.2, 0) is 4.79 Å². The lowest BCUT2D eigenvalue weighted by Crippen LogP contribution is -2.41. The first-order valence-corrected chi connectivity index (χ1v) is 10.0. The number of aliphatic imine (C=N–C) groups is 1. The molecular weight excluding hydrogens is 451 g/mol. The lowest BCUT2D eigenvalue weighted by Gasteiger charge is -2.14. The average Bonchev–Trinajstić information content (AvgIpc) is 3.16. The van der Waals surface area contributed by atoms with Gasteiger partial charge in [0.05, 0.1) is 0 Å². The van der Waals surface area contributed by atoms with E-state index in [0.717, 1.165) is 19.0 Å². The summed E-state index contributed by atoms with van der Waals surface area (Å²) < 4.78 is 0. The topological polar surface area (TPSA) is 65.5 Å². The maximum Gasteiger partial charge on any atom is 0.220 e. The minimum atomic E-state index is 0. The van der Waals surface area contributed by atoms with E-state index in [1.165, 1.54) is 31.2 Å². The molecule has 27 heavy (non-hydrogen) atoms. The Balaban J connectivity index is 0.00000364. The van der Waals surface area contributed by atoms with Crippen molar-refractivity contribution < 1.29 is 4.79 Å². The number of rotatable bonds is 9. The minimum Gasteiger partial charge on any atom is -0.357 e. The molecule has 0 heterocycles. The Morgan fingerprint density at radius 1 is 1.11 bits per heavy atom. The van der Waals surface area contributed by atoms with Crippen LogP contribution in [0.4, 0.5) is 0 Å². The molecule has 3 N–H and O–H groups in total. The van der Waals surface area contributed by atoms with E-state index in [2.05, 4.69) is 59.1 Å². The fourth-order valence-electron chi connectivity index (χ4n) is 3.39. The number of carbonyl (C=O) groups excluding carboxylic acids is 1. The largest absolute Gasteiger partial charge is 0.357 e. The molecule has 1 saturated carbocycles. The van der Waals surface area contributed by atoms with Gasteiger partial charge in [0.25, 0.3) is 0 Å². The fourth-order valence-corrected chi connectivity index (χ4v) is 3.39. The summed E-state index contributed by atoms with van der Waals surface area (Å²) in [5, 5.41) is 9.58. The van der Waals surface area contributed by atoms with Crippen LogP contribution in [-0.4, -0.2) is 38.0 Å². The van der Waals surface area contributed by atoms with Crippen LogP contribution in [0.3, 0.4) is 0 Å². The lowest BCUT2D eigenvalue weighted by molar-refractivity contribution is -0.121. The van der Waals surface area contributed by atoms with Gasteiger partial charge in [-0.2, -0.15) is 0 Å². The van der Waals surface area contributed by atoms with Crippen molar-refractivity contribution in [3.05, 3.63) is 35.9 Å². The molecule has 1 aliphatic carbocycles. The number of hydrogen-bond donors (Lipinski definition) is 3. The van der Waals surface area contributed by atoms with Crippen LogP contribution in [0.15, 0.2) is 35.3 Å². The third-order valence-corrected chi connectivity index (χ3v) is 4.92. The van der Waals surface area contributed by atoms with E-state index < -0.39 is 0 Å². The van der Waals surface area contributed by atoms with Crippen molar-refractivity contribution in [2.45, 2.75) is 51.9 Å². The maximum absolute atomic E-state index is 12.0. The predicted octanol–water partition coefficient (Wildman–Crippen LogP) is 3.66. The van der Waals surface area contributed by atoms with Gasteiger partial charge in [0.1, 0.15) is 0 Å². The number of halogens is 1. The van der Waals surface area contributed by atoms with Crippen LogP contribution in [0, 0.1) is 5.92 Å². The van der Waals surface area contributed by atoms with E-state index in [-0.39, 0.29) is 29.9 Å². The standard InChI is InChI=1S/C21H34N4O.HI/c1-3-22-21(25-16-17(2)19-11-5-4-6-12-19)24-14-13-23-20(26)15-18-9-7-8-10-18;/h4-6,11-12,17-18H,3,7-10,13-16H2,1-2H3,(H,23,26)(H2,22,24,25);1H. The summed E-state index contributed by atoms with van der Waals surface area (Å²) in [6.07, 6.45) is 5.67. The molecule has 1 unspecified atom stereocenters. The Morgan fingerprint density at radius 3 is 2.44 bits per heavy atom. The molecular formula is C21H35IN4O. The SMILES string of the molecule is CCNC(=NCC(C)c1ccccc1)NCCNC(=O)CC1CCCC1.I. The van der Waals surface area contributed by atoms with Crippen molar-refractivity contribution in [3.63, 3.8) is 0 Å². The van der Waals surface area contributed by atoms with Gasteiger partial charge in [-0.25, -0.2) is 0 Å². The second-order valence-electron chi connectivity index (χ2n) is 7.16. The van der Waals surface area contributed by atoms with E-state index >= 15 is 0 Å². The Morgan fingerprint density at radius 2 is 1.78 bits per heavy atom. The normalized spacial score (nSPS) is 15.7. The van der Waals surface area contributed by atoms with Crippen molar-refractivity contribution in [3.8, 4) is 0 Å². The molecule has 0 aliphatic heterocycles. The highest BCUT2D eigenvalue weighted by atomic mass is 127. The first-order valence-electron chi connectivity index (χ1n) is 10.0. The van der Waals surface area contributed by atoms with Crippen LogP contribution in [0.1, 0.15) is 57.4 Å². The van der Waals surface area contributed by atoms with Crippen molar-refractivity contribution in [2.75, 3.05) is 26.2 Å². The number of amides is 1. The van der Waals surface area contributed by atoms with Gasteiger partial charge in [-0.3, -0.25) is 9.79 Å². The van der Waals surface area contributed by atoms with Gasteiger partial charge in [0, 0.05) is 38.5 Å². The predicted molar refractivity (Wildman–Crippen MR) is 124 cm³/mol. The van der Waals surface area contributed by atoms with Gasteiger partial charge < -0.3 is 16.0 Å². The highest BCUT2D eigenvalue weighted by molar-refractivity contribution is 14.0. The molecule has 152 valence electrons. The number of nitrogens with one attached hydrogen (secondary N) is 3. The average molecular weight is 486 g/mol.